The molecule has 5 nitrogen and oxygen atoms in total. The van der Waals surface area contributed by atoms with E-state index in [9.17, 15) is 13.5 Å². The lowest BCUT2D eigenvalue weighted by Crippen LogP contribution is -2.39. The summed E-state index contributed by atoms with van der Waals surface area (Å²) in [5.41, 5.74) is 7.11. The topological polar surface area (TPSA) is 83.6 Å². The van der Waals surface area contributed by atoms with E-state index in [4.69, 9.17) is 5.73 Å². The lowest BCUT2D eigenvalue weighted by molar-refractivity contribution is 0.0367. The van der Waals surface area contributed by atoms with Crippen LogP contribution in [-0.2, 0) is 16.6 Å². The average Bonchev–Trinajstić information content (AvgIpc) is 2.37. The molecule has 0 atom stereocenters. The molecule has 1 aliphatic carbocycles. The van der Waals surface area contributed by atoms with E-state index in [1.165, 1.54) is 4.31 Å². The highest BCUT2D eigenvalue weighted by atomic mass is 32.2. The van der Waals surface area contributed by atoms with Crippen LogP contribution in [0.4, 0.5) is 0 Å². The Morgan fingerprint density at radius 3 is 2.60 bits per heavy atom. The highest BCUT2D eigenvalue weighted by molar-refractivity contribution is 7.89. The summed E-state index contributed by atoms with van der Waals surface area (Å²) >= 11 is 0. The molecule has 112 valence electrons. The van der Waals surface area contributed by atoms with E-state index in [1.807, 2.05) is 6.07 Å². The highest BCUT2D eigenvalue weighted by Gasteiger charge is 2.32. The minimum atomic E-state index is -3.49. The zero-order valence-corrected chi connectivity index (χ0v) is 12.7. The first kappa shape index (κ1) is 15.4. The third-order valence-electron chi connectivity index (χ3n) is 3.90. The molecule has 1 aliphatic rings. The Kier molecular flexibility index (Phi) is 4.49. The normalized spacial score (nSPS) is 22.9. The summed E-state index contributed by atoms with van der Waals surface area (Å²) in [5, 5.41) is 9.28. The van der Waals surface area contributed by atoms with Crippen LogP contribution in [0.3, 0.4) is 0 Å². The summed E-state index contributed by atoms with van der Waals surface area (Å²) in [6.45, 7) is 2.56. The molecule has 0 aromatic heterocycles. The lowest BCUT2D eigenvalue weighted by Gasteiger charge is -2.34. The van der Waals surface area contributed by atoms with Gasteiger partial charge in [-0.15, -0.1) is 0 Å². The number of benzene rings is 1. The fourth-order valence-corrected chi connectivity index (χ4v) is 4.05. The van der Waals surface area contributed by atoms with E-state index in [1.54, 1.807) is 26.1 Å². The van der Waals surface area contributed by atoms with Crippen molar-refractivity contribution in [3.8, 4) is 0 Å². The van der Waals surface area contributed by atoms with Crippen LogP contribution < -0.4 is 5.73 Å². The van der Waals surface area contributed by atoms with E-state index in [0.29, 0.717) is 30.8 Å². The standard InChI is InChI=1S/C14H22N2O3S/c1-10-3-4-11(8-15)7-14(10)20(18,19)16(2)9-12-5-13(17)6-12/h3-4,7,12-13,17H,5-6,8-9,15H2,1-2H3. The zero-order chi connectivity index (χ0) is 14.9. The van der Waals surface area contributed by atoms with E-state index in [-0.39, 0.29) is 12.0 Å². The van der Waals surface area contributed by atoms with Crippen molar-refractivity contribution >= 4 is 10.0 Å². The van der Waals surface area contributed by atoms with Crippen LogP contribution in [0.25, 0.3) is 0 Å². The summed E-state index contributed by atoms with van der Waals surface area (Å²) in [6.07, 6.45) is 1.10. The van der Waals surface area contributed by atoms with Gasteiger partial charge in [-0.05, 0) is 42.9 Å². The second kappa shape index (κ2) is 5.81. The van der Waals surface area contributed by atoms with Gasteiger partial charge < -0.3 is 10.8 Å². The fourth-order valence-electron chi connectivity index (χ4n) is 2.53. The molecular weight excluding hydrogens is 276 g/mol. The van der Waals surface area contributed by atoms with E-state index >= 15 is 0 Å². The largest absolute Gasteiger partial charge is 0.393 e. The second-order valence-corrected chi connectivity index (χ2v) is 7.59. The first-order chi connectivity index (χ1) is 9.34. The van der Waals surface area contributed by atoms with Gasteiger partial charge in [0, 0.05) is 20.1 Å². The molecule has 0 spiro atoms. The van der Waals surface area contributed by atoms with Crippen molar-refractivity contribution in [2.45, 2.75) is 37.3 Å². The number of nitrogens with zero attached hydrogens (tertiary/aromatic N) is 1. The molecule has 1 aromatic rings. The van der Waals surface area contributed by atoms with Gasteiger partial charge in [0.25, 0.3) is 0 Å². The summed E-state index contributed by atoms with van der Waals surface area (Å²) in [4.78, 5) is 0.322. The van der Waals surface area contributed by atoms with Crippen LogP contribution in [0.15, 0.2) is 23.1 Å². The molecule has 0 unspecified atom stereocenters. The number of nitrogens with two attached hydrogens (primary N) is 1. The summed E-state index contributed by atoms with van der Waals surface area (Å²) in [5.74, 6) is 0.253. The second-order valence-electron chi connectivity index (χ2n) is 5.58. The van der Waals surface area contributed by atoms with Crippen molar-refractivity contribution in [2.75, 3.05) is 13.6 Å². The van der Waals surface area contributed by atoms with Gasteiger partial charge in [0.1, 0.15) is 0 Å². The third kappa shape index (κ3) is 3.03. The van der Waals surface area contributed by atoms with Crippen LogP contribution in [-0.4, -0.2) is 37.5 Å². The summed E-state index contributed by atoms with van der Waals surface area (Å²) in [7, 11) is -1.90. The van der Waals surface area contributed by atoms with Crippen LogP contribution in [0.2, 0.25) is 0 Å². The maximum atomic E-state index is 12.6. The average molecular weight is 298 g/mol. The number of rotatable bonds is 5. The molecule has 1 aromatic carbocycles. The Balaban J connectivity index is 2.20. The van der Waals surface area contributed by atoms with Crippen molar-refractivity contribution in [3.05, 3.63) is 29.3 Å². The van der Waals surface area contributed by atoms with Gasteiger partial charge in [0.2, 0.25) is 10.0 Å². The number of hydrogen-bond donors (Lipinski definition) is 2. The number of sulfonamides is 1. The molecule has 0 heterocycles. The van der Waals surface area contributed by atoms with Crippen molar-refractivity contribution in [2.24, 2.45) is 11.7 Å². The number of aryl methyl sites for hydroxylation is 1. The number of hydrogen-bond acceptors (Lipinski definition) is 4. The minimum absolute atomic E-state index is 0.253. The molecule has 0 bridgehead atoms. The van der Waals surface area contributed by atoms with Crippen LogP contribution in [0.1, 0.15) is 24.0 Å². The lowest BCUT2D eigenvalue weighted by atomic mass is 9.82. The molecule has 0 radical (unpaired) electrons. The van der Waals surface area contributed by atoms with Crippen molar-refractivity contribution in [1.82, 2.24) is 4.31 Å². The van der Waals surface area contributed by atoms with Gasteiger partial charge in [-0.2, -0.15) is 0 Å². The van der Waals surface area contributed by atoms with Crippen molar-refractivity contribution in [1.29, 1.82) is 0 Å². The van der Waals surface area contributed by atoms with E-state index in [2.05, 4.69) is 0 Å². The molecule has 3 N–H and O–H groups in total. The quantitative estimate of drug-likeness (QED) is 0.844. The first-order valence-corrected chi connectivity index (χ1v) is 8.22. The van der Waals surface area contributed by atoms with Gasteiger partial charge in [-0.25, -0.2) is 12.7 Å². The van der Waals surface area contributed by atoms with E-state index < -0.39 is 10.0 Å². The first-order valence-electron chi connectivity index (χ1n) is 6.78. The Labute approximate surface area is 120 Å². The maximum Gasteiger partial charge on any atom is 0.243 e. The van der Waals surface area contributed by atoms with Gasteiger partial charge in [0.15, 0.2) is 0 Å². The third-order valence-corrected chi connectivity index (χ3v) is 5.87. The van der Waals surface area contributed by atoms with E-state index in [0.717, 1.165) is 11.1 Å². The predicted molar refractivity (Wildman–Crippen MR) is 77.6 cm³/mol. The number of aliphatic hydroxyl groups excluding tert-OH is 1. The maximum absolute atomic E-state index is 12.6. The Bertz CT molecular complexity index is 580. The van der Waals surface area contributed by atoms with Crippen LogP contribution in [0.5, 0.6) is 0 Å². The Morgan fingerprint density at radius 1 is 1.40 bits per heavy atom. The molecule has 2 rings (SSSR count). The van der Waals surface area contributed by atoms with Crippen molar-refractivity contribution in [3.63, 3.8) is 0 Å². The fraction of sp³-hybridized carbons (Fsp3) is 0.571. The number of aliphatic hydroxyl groups is 1. The van der Waals surface area contributed by atoms with Crippen LogP contribution >= 0.6 is 0 Å². The zero-order valence-electron chi connectivity index (χ0n) is 11.9. The highest BCUT2D eigenvalue weighted by Crippen LogP contribution is 2.29. The Hall–Kier alpha value is -0.950. The van der Waals surface area contributed by atoms with Gasteiger partial charge in [-0.3, -0.25) is 0 Å². The minimum Gasteiger partial charge on any atom is -0.393 e. The van der Waals surface area contributed by atoms with Crippen molar-refractivity contribution < 1.29 is 13.5 Å². The molecule has 1 saturated carbocycles. The smallest absolute Gasteiger partial charge is 0.243 e. The Morgan fingerprint density at radius 2 is 2.05 bits per heavy atom. The SMILES string of the molecule is Cc1ccc(CN)cc1S(=O)(=O)N(C)CC1CC(O)C1. The van der Waals surface area contributed by atoms with Gasteiger partial charge in [-0.1, -0.05) is 12.1 Å². The molecule has 6 heteroatoms. The predicted octanol–water partition coefficient (Wildman–Crippen LogP) is 0.845. The molecule has 20 heavy (non-hydrogen) atoms. The summed E-state index contributed by atoms with van der Waals surface area (Å²) < 4.78 is 26.6. The monoisotopic (exact) mass is 298 g/mol. The molecular formula is C14H22N2O3S. The van der Waals surface area contributed by atoms with Crippen LogP contribution in [0, 0.1) is 12.8 Å². The molecule has 1 fully saturated rings. The molecule has 0 aliphatic heterocycles. The molecule has 0 amide bonds. The summed E-state index contributed by atoms with van der Waals surface area (Å²) in [6, 6.07) is 5.28. The van der Waals surface area contributed by atoms with Gasteiger partial charge in [0.05, 0.1) is 11.0 Å². The van der Waals surface area contributed by atoms with Gasteiger partial charge >= 0.3 is 0 Å². The molecule has 0 saturated heterocycles.